The summed E-state index contributed by atoms with van der Waals surface area (Å²) in [6, 6.07) is 13.8. The third-order valence-electron chi connectivity index (χ3n) is 2.76. The molecule has 0 saturated carbocycles. The van der Waals surface area contributed by atoms with Crippen LogP contribution in [-0.2, 0) is 10.0 Å². The van der Waals surface area contributed by atoms with Gasteiger partial charge >= 0.3 is 0 Å². The van der Waals surface area contributed by atoms with Crippen molar-refractivity contribution in [3.05, 3.63) is 64.1 Å². The van der Waals surface area contributed by atoms with Crippen LogP contribution in [-0.4, -0.2) is 15.0 Å². The molecule has 0 bridgehead atoms. The van der Waals surface area contributed by atoms with Gasteiger partial charge in [0, 0.05) is 16.6 Å². The van der Waals surface area contributed by atoms with Crippen LogP contribution in [0.15, 0.2) is 53.4 Å². The van der Waals surface area contributed by atoms with E-state index in [0.717, 1.165) is 5.56 Å². The van der Waals surface area contributed by atoms with Gasteiger partial charge in [-0.05, 0) is 23.8 Å². The van der Waals surface area contributed by atoms with E-state index in [9.17, 15) is 8.42 Å². The van der Waals surface area contributed by atoms with E-state index in [1.165, 1.54) is 18.2 Å². The molecule has 0 aliphatic carbocycles. The van der Waals surface area contributed by atoms with Crippen LogP contribution in [0.4, 0.5) is 0 Å². The molecular formula is C14H12BrCl2NO2S. The lowest BCUT2D eigenvalue weighted by Gasteiger charge is -2.12. The Labute approximate surface area is 142 Å². The monoisotopic (exact) mass is 407 g/mol. The van der Waals surface area contributed by atoms with E-state index in [1.807, 2.05) is 30.3 Å². The third-order valence-corrected chi connectivity index (χ3v) is 5.45. The fraction of sp³-hybridized carbons (Fsp3) is 0.143. The molecule has 0 heterocycles. The number of halogens is 3. The van der Waals surface area contributed by atoms with E-state index in [2.05, 4.69) is 20.7 Å². The zero-order valence-corrected chi connectivity index (χ0v) is 14.7. The lowest BCUT2D eigenvalue weighted by molar-refractivity contribution is 0.581. The lowest BCUT2D eigenvalue weighted by Crippen LogP contribution is -2.27. The average Bonchev–Trinajstić information content (AvgIpc) is 2.45. The molecule has 0 aromatic heterocycles. The molecule has 0 saturated heterocycles. The van der Waals surface area contributed by atoms with E-state index in [-0.39, 0.29) is 26.3 Å². The topological polar surface area (TPSA) is 46.2 Å². The Hall–Kier alpha value is -0.590. The van der Waals surface area contributed by atoms with Gasteiger partial charge < -0.3 is 0 Å². The molecule has 2 rings (SSSR count). The first-order valence-corrected chi connectivity index (χ1v) is 9.19. The molecule has 2 aromatic carbocycles. The number of hydrogen-bond donors (Lipinski definition) is 1. The van der Waals surface area contributed by atoms with Crippen molar-refractivity contribution in [1.82, 2.24) is 4.72 Å². The van der Waals surface area contributed by atoms with Gasteiger partial charge in [-0.1, -0.05) is 69.5 Å². The molecule has 1 N–H and O–H groups in total. The van der Waals surface area contributed by atoms with Crippen LogP contribution in [0.25, 0.3) is 0 Å². The maximum Gasteiger partial charge on any atom is 0.240 e. The van der Waals surface area contributed by atoms with Crippen molar-refractivity contribution in [1.29, 1.82) is 0 Å². The van der Waals surface area contributed by atoms with Gasteiger partial charge in [-0.3, -0.25) is 0 Å². The summed E-state index contributed by atoms with van der Waals surface area (Å²) in [5.41, 5.74) is 0.990. The minimum absolute atomic E-state index is 0.0489. The van der Waals surface area contributed by atoms with E-state index in [0.29, 0.717) is 0 Å². The predicted molar refractivity (Wildman–Crippen MR) is 89.8 cm³/mol. The normalized spacial score (nSPS) is 13.1. The summed E-state index contributed by atoms with van der Waals surface area (Å²) in [6.45, 7) is 0.219. The van der Waals surface area contributed by atoms with Crippen molar-refractivity contribution < 1.29 is 8.42 Å². The van der Waals surface area contributed by atoms with Crippen molar-refractivity contribution >= 4 is 49.2 Å². The number of hydrogen-bond acceptors (Lipinski definition) is 2. The van der Waals surface area contributed by atoms with Gasteiger partial charge in [-0.2, -0.15) is 0 Å². The van der Waals surface area contributed by atoms with Crippen molar-refractivity contribution in [2.24, 2.45) is 0 Å². The largest absolute Gasteiger partial charge is 0.240 e. The van der Waals surface area contributed by atoms with E-state index in [4.69, 9.17) is 23.2 Å². The lowest BCUT2D eigenvalue weighted by atomic mass is 10.2. The first kappa shape index (κ1) is 16.8. The zero-order chi connectivity index (χ0) is 15.5. The number of rotatable bonds is 5. The fourth-order valence-electron chi connectivity index (χ4n) is 1.73. The Morgan fingerprint density at radius 2 is 1.62 bits per heavy atom. The standard InChI is InChI=1S/C14H12BrCl2NO2S/c15-14(10-4-2-1-3-5-10)9-18-21(19,20)13-7-11(16)6-12(17)8-13/h1-8,14,18H,9H2. The summed E-state index contributed by atoms with van der Waals surface area (Å²) < 4.78 is 27.0. The summed E-state index contributed by atoms with van der Waals surface area (Å²) in [5, 5.41) is 0.558. The van der Waals surface area contributed by atoms with Crippen LogP contribution in [0.1, 0.15) is 10.4 Å². The van der Waals surface area contributed by atoms with Crippen LogP contribution in [0, 0.1) is 0 Å². The highest BCUT2D eigenvalue weighted by Crippen LogP contribution is 2.24. The van der Waals surface area contributed by atoms with Crippen molar-refractivity contribution in [2.45, 2.75) is 9.72 Å². The van der Waals surface area contributed by atoms with Crippen molar-refractivity contribution in [3.63, 3.8) is 0 Å². The second-order valence-corrected chi connectivity index (χ2v) is 8.08. The van der Waals surface area contributed by atoms with Gasteiger partial charge in [0.25, 0.3) is 0 Å². The summed E-state index contributed by atoms with van der Waals surface area (Å²) in [6.07, 6.45) is 0. The number of benzene rings is 2. The smallest absolute Gasteiger partial charge is 0.210 e. The minimum atomic E-state index is -3.66. The Kier molecular flexibility index (Phi) is 5.68. The molecule has 0 fully saturated rings. The first-order valence-electron chi connectivity index (χ1n) is 6.03. The minimum Gasteiger partial charge on any atom is -0.210 e. The average molecular weight is 409 g/mol. The molecule has 0 aliphatic heterocycles. The van der Waals surface area contributed by atoms with E-state index < -0.39 is 10.0 Å². The molecule has 0 amide bonds. The van der Waals surface area contributed by atoms with Crippen LogP contribution >= 0.6 is 39.1 Å². The van der Waals surface area contributed by atoms with E-state index >= 15 is 0 Å². The first-order chi connectivity index (χ1) is 9.88. The summed E-state index contributed by atoms with van der Waals surface area (Å²) in [4.78, 5) is -0.0732. The Morgan fingerprint density at radius 1 is 1.05 bits per heavy atom. The number of alkyl halides is 1. The maximum atomic E-state index is 12.2. The van der Waals surface area contributed by atoms with Gasteiger partial charge in [-0.25, -0.2) is 13.1 Å². The van der Waals surface area contributed by atoms with Crippen molar-refractivity contribution in [2.75, 3.05) is 6.54 Å². The molecule has 0 spiro atoms. The van der Waals surface area contributed by atoms with Crippen LogP contribution in [0.2, 0.25) is 10.0 Å². The van der Waals surface area contributed by atoms with Gasteiger partial charge in [0.2, 0.25) is 10.0 Å². The van der Waals surface area contributed by atoms with Crippen LogP contribution in [0.5, 0.6) is 0 Å². The second-order valence-electron chi connectivity index (χ2n) is 4.34. The molecule has 2 aromatic rings. The van der Waals surface area contributed by atoms with Crippen LogP contribution in [0.3, 0.4) is 0 Å². The highest BCUT2D eigenvalue weighted by Gasteiger charge is 2.17. The molecule has 21 heavy (non-hydrogen) atoms. The molecule has 1 atom stereocenters. The highest BCUT2D eigenvalue weighted by atomic mass is 79.9. The fourth-order valence-corrected chi connectivity index (χ4v) is 4.18. The molecule has 1 unspecified atom stereocenters. The molecular weight excluding hydrogens is 397 g/mol. The highest BCUT2D eigenvalue weighted by molar-refractivity contribution is 9.09. The Bertz CT molecular complexity index is 703. The van der Waals surface area contributed by atoms with Gasteiger partial charge in [0.15, 0.2) is 0 Å². The Balaban J connectivity index is 2.11. The molecule has 0 aliphatic rings. The predicted octanol–water partition coefficient (Wildman–Crippen LogP) is 4.41. The molecule has 0 radical (unpaired) electrons. The summed E-state index contributed by atoms with van der Waals surface area (Å²) >= 11 is 15.1. The molecule has 112 valence electrons. The maximum absolute atomic E-state index is 12.2. The van der Waals surface area contributed by atoms with Crippen LogP contribution < -0.4 is 4.72 Å². The van der Waals surface area contributed by atoms with Crippen molar-refractivity contribution in [3.8, 4) is 0 Å². The number of sulfonamides is 1. The van der Waals surface area contributed by atoms with Gasteiger partial charge in [0.1, 0.15) is 0 Å². The summed E-state index contributed by atoms with van der Waals surface area (Å²) in [5.74, 6) is 0. The van der Waals surface area contributed by atoms with E-state index in [1.54, 1.807) is 0 Å². The SMILES string of the molecule is O=S(=O)(NCC(Br)c1ccccc1)c1cc(Cl)cc(Cl)c1. The summed E-state index contributed by atoms with van der Waals surface area (Å²) in [7, 11) is -3.66. The quantitative estimate of drug-likeness (QED) is 0.744. The zero-order valence-electron chi connectivity index (χ0n) is 10.8. The van der Waals surface area contributed by atoms with Gasteiger partial charge in [0.05, 0.1) is 9.72 Å². The van der Waals surface area contributed by atoms with Gasteiger partial charge in [-0.15, -0.1) is 0 Å². The molecule has 3 nitrogen and oxygen atoms in total. The Morgan fingerprint density at radius 3 is 2.19 bits per heavy atom. The third kappa shape index (κ3) is 4.69. The molecule has 7 heteroatoms. The number of nitrogens with one attached hydrogen (secondary N) is 1. The second kappa shape index (κ2) is 7.11.